The van der Waals surface area contributed by atoms with E-state index in [9.17, 15) is 13.2 Å². The summed E-state index contributed by atoms with van der Waals surface area (Å²) < 4.78 is 37.4. The first kappa shape index (κ1) is 24.8. The second-order valence-electron chi connectivity index (χ2n) is 8.92. The van der Waals surface area contributed by atoms with Gasteiger partial charge >= 0.3 is 0 Å². The van der Waals surface area contributed by atoms with Crippen molar-refractivity contribution in [1.82, 2.24) is 9.21 Å². The van der Waals surface area contributed by atoms with Crippen LogP contribution in [0.4, 0.5) is 0 Å². The van der Waals surface area contributed by atoms with Gasteiger partial charge in [-0.2, -0.15) is 0 Å². The fourth-order valence-corrected chi connectivity index (χ4v) is 6.57. The van der Waals surface area contributed by atoms with Crippen LogP contribution in [-0.4, -0.2) is 69.2 Å². The predicted octanol–water partition coefficient (Wildman–Crippen LogP) is 3.47. The van der Waals surface area contributed by atoms with Gasteiger partial charge in [0.25, 0.3) is 0 Å². The van der Waals surface area contributed by atoms with Crippen molar-refractivity contribution in [3.8, 4) is 11.5 Å². The van der Waals surface area contributed by atoms with Gasteiger partial charge in [0, 0.05) is 25.7 Å². The number of hydrogen-bond donors (Lipinski definition) is 0. The number of carbonyl (C=O) groups is 1. The van der Waals surface area contributed by atoms with Crippen LogP contribution in [-0.2, 0) is 21.2 Å². The number of hydrogen-bond acceptors (Lipinski definition) is 5. The molecule has 32 heavy (non-hydrogen) atoms. The van der Waals surface area contributed by atoms with Gasteiger partial charge in [-0.15, -0.1) is 0 Å². The zero-order valence-electron chi connectivity index (χ0n) is 19.7. The number of piperidine rings is 2. The van der Waals surface area contributed by atoms with E-state index in [2.05, 4.69) is 0 Å². The fourth-order valence-electron chi connectivity index (χ4n) is 4.98. The Bertz CT molecular complexity index is 873. The number of aryl methyl sites for hydroxylation is 1. The minimum Gasteiger partial charge on any atom is -0.493 e. The summed E-state index contributed by atoms with van der Waals surface area (Å²) in [6.45, 7) is 3.52. The standard InChI is InChI=1S/C24H38N2O5S/c1-4-16-32(28,29)25-14-7-8-20(18-25)24(27)26-15-6-5-9-21(26)12-10-19-11-13-22(30-2)23(17-19)31-3/h11,13,17,20-21H,4-10,12,14-16,18H2,1-3H3. The van der Waals surface area contributed by atoms with Gasteiger partial charge in [0.15, 0.2) is 11.5 Å². The van der Waals surface area contributed by atoms with Crippen LogP contribution in [0, 0.1) is 5.92 Å². The first-order valence-electron chi connectivity index (χ1n) is 11.9. The zero-order chi connectivity index (χ0) is 23.1. The van der Waals surface area contributed by atoms with E-state index in [0.717, 1.165) is 62.8 Å². The number of nitrogens with zero attached hydrogens (tertiary/aromatic N) is 2. The molecule has 1 amide bonds. The highest BCUT2D eigenvalue weighted by Crippen LogP contribution is 2.30. The van der Waals surface area contributed by atoms with Crippen LogP contribution in [0.3, 0.4) is 0 Å². The molecular weight excluding hydrogens is 428 g/mol. The van der Waals surface area contributed by atoms with Gasteiger partial charge in [-0.1, -0.05) is 13.0 Å². The molecular formula is C24H38N2O5S. The summed E-state index contributed by atoms with van der Waals surface area (Å²) in [5.74, 6) is 1.50. The Labute approximate surface area is 193 Å². The number of likely N-dealkylation sites (tertiary alicyclic amines) is 1. The molecule has 2 heterocycles. The smallest absolute Gasteiger partial charge is 0.227 e. The number of rotatable bonds is 9. The van der Waals surface area contributed by atoms with Gasteiger partial charge in [-0.3, -0.25) is 4.79 Å². The third-order valence-corrected chi connectivity index (χ3v) is 8.76. The topological polar surface area (TPSA) is 76.2 Å². The Morgan fingerprint density at radius 3 is 2.56 bits per heavy atom. The van der Waals surface area contributed by atoms with Crippen molar-refractivity contribution in [2.24, 2.45) is 5.92 Å². The SMILES string of the molecule is CCCS(=O)(=O)N1CCCC(C(=O)N2CCCCC2CCc2ccc(OC)c(OC)c2)C1. The monoisotopic (exact) mass is 466 g/mol. The van der Waals surface area contributed by atoms with Crippen molar-refractivity contribution in [1.29, 1.82) is 0 Å². The highest BCUT2D eigenvalue weighted by molar-refractivity contribution is 7.89. The summed E-state index contributed by atoms with van der Waals surface area (Å²) in [5.41, 5.74) is 1.16. The van der Waals surface area contributed by atoms with E-state index in [4.69, 9.17) is 9.47 Å². The second-order valence-corrected chi connectivity index (χ2v) is 11.0. The lowest BCUT2D eigenvalue weighted by atomic mass is 9.92. The number of benzene rings is 1. The Hall–Kier alpha value is -1.80. The molecule has 1 aromatic rings. The molecule has 2 atom stereocenters. The number of ether oxygens (including phenoxy) is 2. The molecule has 0 aliphatic carbocycles. The van der Waals surface area contributed by atoms with E-state index in [1.54, 1.807) is 18.5 Å². The lowest BCUT2D eigenvalue weighted by Gasteiger charge is -2.40. The van der Waals surface area contributed by atoms with E-state index >= 15 is 0 Å². The maximum atomic E-state index is 13.5. The second kappa shape index (κ2) is 11.4. The van der Waals surface area contributed by atoms with Gasteiger partial charge in [0.1, 0.15) is 0 Å². The third-order valence-electron chi connectivity index (χ3n) is 6.71. The lowest BCUT2D eigenvalue weighted by molar-refractivity contribution is -0.140. The minimum atomic E-state index is -3.26. The van der Waals surface area contributed by atoms with Crippen molar-refractivity contribution in [2.75, 3.05) is 39.6 Å². The summed E-state index contributed by atoms with van der Waals surface area (Å²) in [4.78, 5) is 15.5. The molecule has 2 saturated heterocycles. The number of methoxy groups -OCH3 is 2. The summed E-state index contributed by atoms with van der Waals surface area (Å²) in [5, 5.41) is 0. The quantitative estimate of drug-likeness (QED) is 0.557. The van der Waals surface area contributed by atoms with Crippen LogP contribution >= 0.6 is 0 Å². The van der Waals surface area contributed by atoms with E-state index in [-0.39, 0.29) is 23.6 Å². The number of amides is 1. The molecule has 8 heteroatoms. The largest absolute Gasteiger partial charge is 0.493 e. The van der Waals surface area contributed by atoms with Crippen LogP contribution in [0.15, 0.2) is 18.2 Å². The highest BCUT2D eigenvalue weighted by Gasteiger charge is 2.36. The van der Waals surface area contributed by atoms with Crippen molar-refractivity contribution >= 4 is 15.9 Å². The molecule has 2 aliphatic rings. The predicted molar refractivity (Wildman–Crippen MR) is 126 cm³/mol. The fraction of sp³-hybridized carbons (Fsp3) is 0.708. The van der Waals surface area contributed by atoms with Crippen LogP contribution in [0.2, 0.25) is 0 Å². The third kappa shape index (κ3) is 5.95. The van der Waals surface area contributed by atoms with Gasteiger partial charge in [0.05, 0.1) is 25.9 Å². The molecule has 0 saturated carbocycles. The van der Waals surface area contributed by atoms with E-state index in [1.165, 1.54) is 0 Å². The zero-order valence-corrected chi connectivity index (χ0v) is 20.5. The van der Waals surface area contributed by atoms with Gasteiger partial charge in [-0.05, 0) is 69.1 Å². The van der Waals surface area contributed by atoms with Crippen LogP contribution in [0.25, 0.3) is 0 Å². The molecule has 3 rings (SSSR count). The van der Waals surface area contributed by atoms with E-state index in [1.807, 2.05) is 30.0 Å². The van der Waals surface area contributed by atoms with Crippen molar-refractivity contribution < 1.29 is 22.7 Å². The minimum absolute atomic E-state index is 0.137. The normalized spacial score (nSPS) is 22.5. The van der Waals surface area contributed by atoms with E-state index < -0.39 is 10.0 Å². The average Bonchev–Trinajstić information content (AvgIpc) is 2.82. The maximum Gasteiger partial charge on any atom is 0.227 e. The molecule has 0 N–H and O–H groups in total. The summed E-state index contributed by atoms with van der Waals surface area (Å²) in [7, 11) is 0.00189. The molecule has 2 aliphatic heterocycles. The Kier molecular flexibility index (Phi) is 8.82. The van der Waals surface area contributed by atoms with Crippen LogP contribution in [0.5, 0.6) is 11.5 Å². The molecule has 180 valence electrons. The summed E-state index contributed by atoms with van der Waals surface area (Å²) in [6, 6.07) is 6.18. The Balaban J connectivity index is 1.65. The first-order chi connectivity index (χ1) is 15.4. The van der Waals surface area contributed by atoms with Crippen LogP contribution in [0.1, 0.15) is 57.4 Å². The van der Waals surface area contributed by atoms with Crippen molar-refractivity contribution in [3.05, 3.63) is 23.8 Å². The Morgan fingerprint density at radius 2 is 1.84 bits per heavy atom. The highest BCUT2D eigenvalue weighted by atomic mass is 32.2. The number of sulfonamides is 1. The van der Waals surface area contributed by atoms with Gasteiger partial charge < -0.3 is 14.4 Å². The molecule has 1 aromatic carbocycles. The maximum absolute atomic E-state index is 13.5. The number of carbonyl (C=O) groups excluding carboxylic acids is 1. The van der Waals surface area contributed by atoms with Crippen LogP contribution < -0.4 is 9.47 Å². The van der Waals surface area contributed by atoms with Crippen molar-refractivity contribution in [2.45, 2.75) is 64.3 Å². The molecule has 0 spiro atoms. The molecule has 0 aromatic heterocycles. The average molecular weight is 467 g/mol. The molecule has 7 nitrogen and oxygen atoms in total. The Morgan fingerprint density at radius 1 is 1.06 bits per heavy atom. The lowest BCUT2D eigenvalue weighted by Crippen LogP contribution is -2.51. The van der Waals surface area contributed by atoms with Gasteiger partial charge in [-0.25, -0.2) is 12.7 Å². The summed E-state index contributed by atoms with van der Waals surface area (Å²) in [6.07, 6.45) is 7.03. The molecule has 0 radical (unpaired) electrons. The summed E-state index contributed by atoms with van der Waals surface area (Å²) >= 11 is 0. The van der Waals surface area contributed by atoms with Gasteiger partial charge in [0.2, 0.25) is 15.9 Å². The van der Waals surface area contributed by atoms with Crippen molar-refractivity contribution in [3.63, 3.8) is 0 Å². The molecule has 2 unspecified atom stereocenters. The molecule has 2 fully saturated rings. The molecule has 0 bridgehead atoms. The van der Waals surface area contributed by atoms with E-state index in [0.29, 0.717) is 25.3 Å². The first-order valence-corrected chi connectivity index (χ1v) is 13.5.